The molecule has 0 aromatic heterocycles. The second kappa shape index (κ2) is 4.94. The highest BCUT2D eigenvalue weighted by Gasteiger charge is 2.14. The van der Waals surface area contributed by atoms with Crippen molar-refractivity contribution < 1.29 is 14.8 Å². The summed E-state index contributed by atoms with van der Waals surface area (Å²) in [7, 11) is 0. The molecular weight excluding hydrogens is 210 g/mol. The molecule has 0 saturated carbocycles. The largest absolute Gasteiger partial charge is 0.488 e. The number of hydrogen-bond donors (Lipinski definition) is 1. The Balaban J connectivity index is 2.85. The van der Waals surface area contributed by atoms with Crippen LogP contribution in [0.5, 0.6) is 5.75 Å². The van der Waals surface area contributed by atoms with Crippen molar-refractivity contribution in [1.82, 2.24) is 0 Å². The quantitative estimate of drug-likeness (QED) is 0.628. The maximum Gasteiger partial charge on any atom is 0.272 e. The summed E-state index contributed by atoms with van der Waals surface area (Å²) in [5.41, 5.74) is 0.609. The summed E-state index contributed by atoms with van der Waals surface area (Å²) >= 11 is 0. The SMILES string of the molecule is Cc1cc(OC(C)C(C)O)ccc1[N+](=O)[O-]. The number of rotatable bonds is 4. The van der Waals surface area contributed by atoms with Crippen LogP contribution in [0.25, 0.3) is 0 Å². The first kappa shape index (κ1) is 12.4. The smallest absolute Gasteiger partial charge is 0.272 e. The third kappa shape index (κ3) is 2.93. The van der Waals surface area contributed by atoms with Gasteiger partial charge in [-0.25, -0.2) is 0 Å². The van der Waals surface area contributed by atoms with E-state index >= 15 is 0 Å². The van der Waals surface area contributed by atoms with Gasteiger partial charge in [-0.3, -0.25) is 10.1 Å². The van der Waals surface area contributed by atoms with Crippen molar-refractivity contribution in [2.75, 3.05) is 0 Å². The van der Waals surface area contributed by atoms with Crippen LogP contribution in [0.3, 0.4) is 0 Å². The molecule has 2 atom stereocenters. The van der Waals surface area contributed by atoms with Gasteiger partial charge >= 0.3 is 0 Å². The molecule has 0 bridgehead atoms. The topological polar surface area (TPSA) is 72.6 Å². The Hall–Kier alpha value is -1.62. The summed E-state index contributed by atoms with van der Waals surface area (Å²) in [6, 6.07) is 4.53. The Morgan fingerprint density at radius 2 is 2.06 bits per heavy atom. The first-order chi connectivity index (χ1) is 7.41. The molecule has 0 aliphatic carbocycles. The fourth-order valence-electron chi connectivity index (χ4n) is 1.22. The third-order valence-corrected chi connectivity index (χ3v) is 2.37. The number of aryl methyl sites for hydroxylation is 1. The van der Waals surface area contributed by atoms with Crippen LogP contribution in [0.15, 0.2) is 18.2 Å². The summed E-state index contributed by atoms with van der Waals surface area (Å²) < 4.78 is 5.42. The molecule has 0 fully saturated rings. The summed E-state index contributed by atoms with van der Waals surface area (Å²) in [6.07, 6.45) is -0.934. The van der Waals surface area contributed by atoms with Crippen molar-refractivity contribution in [2.24, 2.45) is 0 Å². The number of ether oxygens (including phenoxy) is 1. The third-order valence-electron chi connectivity index (χ3n) is 2.37. The van der Waals surface area contributed by atoms with Crippen LogP contribution < -0.4 is 4.74 Å². The van der Waals surface area contributed by atoms with Crippen LogP contribution in [-0.4, -0.2) is 22.2 Å². The number of nitro benzene ring substituents is 1. The van der Waals surface area contributed by atoms with Crippen molar-refractivity contribution >= 4 is 5.69 Å². The van der Waals surface area contributed by atoms with E-state index in [-0.39, 0.29) is 11.8 Å². The highest BCUT2D eigenvalue weighted by Crippen LogP contribution is 2.24. The summed E-state index contributed by atoms with van der Waals surface area (Å²) in [4.78, 5) is 10.2. The molecule has 0 saturated heterocycles. The van der Waals surface area contributed by atoms with E-state index in [4.69, 9.17) is 4.74 Å². The lowest BCUT2D eigenvalue weighted by Gasteiger charge is -2.17. The summed E-state index contributed by atoms with van der Waals surface area (Å²) in [5.74, 6) is 0.525. The zero-order chi connectivity index (χ0) is 12.3. The van der Waals surface area contributed by atoms with Crippen molar-refractivity contribution in [1.29, 1.82) is 0 Å². The molecule has 16 heavy (non-hydrogen) atoms. The number of aliphatic hydroxyl groups excluding tert-OH is 1. The van der Waals surface area contributed by atoms with E-state index in [1.54, 1.807) is 26.8 Å². The van der Waals surface area contributed by atoms with Crippen molar-refractivity contribution in [3.8, 4) is 5.75 Å². The molecule has 0 radical (unpaired) electrons. The number of aliphatic hydroxyl groups is 1. The minimum absolute atomic E-state index is 0.0667. The van der Waals surface area contributed by atoms with E-state index < -0.39 is 11.0 Å². The van der Waals surface area contributed by atoms with E-state index in [0.29, 0.717) is 11.3 Å². The fourth-order valence-corrected chi connectivity index (χ4v) is 1.22. The predicted octanol–water partition coefficient (Wildman–Crippen LogP) is 2.05. The van der Waals surface area contributed by atoms with E-state index in [1.165, 1.54) is 12.1 Å². The van der Waals surface area contributed by atoms with Gasteiger partial charge in [-0.15, -0.1) is 0 Å². The van der Waals surface area contributed by atoms with Crippen LogP contribution in [0, 0.1) is 17.0 Å². The number of hydrogen-bond acceptors (Lipinski definition) is 4. The lowest BCUT2D eigenvalue weighted by Crippen LogP contribution is -2.25. The Morgan fingerprint density at radius 3 is 2.50 bits per heavy atom. The number of nitro groups is 1. The average molecular weight is 225 g/mol. The average Bonchev–Trinajstić information content (AvgIpc) is 2.16. The zero-order valence-electron chi connectivity index (χ0n) is 9.51. The van der Waals surface area contributed by atoms with Crippen LogP contribution in [-0.2, 0) is 0 Å². The normalized spacial score (nSPS) is 14.2. The first-order valence-corrected chi connectivity index (χ1v) is 5.01. The van der Waals surface area contributed by atoms with Crippen molar-refractivity contribution in [2.45, 2.75) is 33.0 Å². The fraction of sp³-hybridized carbons (Fsp3) is 0.455. The molecule has 0 spiro atoms. The molecule has 0 heterocycles. The van der Waals surface area contributed by atoms with Crippen LogP contribution in [0.2, 0.25) is 0 Å². The molecule has 1 rings (SSSR count). The molecule has 0 aliphatic heterocycles. The molecule has 5 heteroatoms. The highest BCUT2D eigenvalue weighted by atomic mass is 16.6. The molecule has 0 aliphatic rings. The van der Waals surface area contributed by atoms with E-state index in [1.807, 2.05) is 0 Å². The summed E-state index contributed by atoms with van der Waals surface area (Å²) in [5, 5.41) is 19.8. The van der Waals surface area contributed by atoms with Gasteiger partial charge in [0.25, 0.3) is 5.69 Å². The zero-order valence-corrected chi connectivity index (χ0v) is 9.51. The van der Waals surface area contributed by atoms with Crippen molar-refractivity contribution in [3.05, 3.63) is 33.9 Å². The number of nitrogens with zero attached hydrogens (tertiary/aromatic N) is 1. The first-order valence-electron chi connectivity index (χ1n) is 5.01. The van der Waals surface area contributed by atoms with Gasteiger partial charge in [0.15, 0.2) is 0 Å². The maximum absolute atomic E-state index is 10.6. The maximum atomic E-state index is 10.6. The van der Waals surface area contributed by atoms with Gasteiger partial charge in [0.2, 0.25) is 0 Å². The van der Waals surface area contributed by atoms with Crippen LogP contribution in [0.4, 0.5) is 5.69 Å². The Morgan fingerprint density at radius 1 is 1.44 bits per heavy atom. The lowest BCUT2D eigenvalue weighted by molar-refractivity contribution is -0.385. The monoisotopic (exact) mass is 225 g/mol. The van der Waals surface area contributed by atoms with Crippen molar-refractivity contribution in [3.63, 3.8) is 0 Å². The molecule has 88 valence electrons. The molecular formula is C11H15NO4. The minimum atomic E-state index is -0.588. The molecule has 1 aromatic carbocycles. The Bertz CT molecular complexity index is 390. The van der Waals surface area contributed by atoms with E-state index in [9.17, 15) is 15.2 Å². The van der Waals surface area contributed by atoms with Gasteiger partial charge in [-0.05, 0) is 32.9 Å². The van der Waals surface area contributed by atoms with Gasteiger partial charge in [-0.2, -0.15) is 0 Å². The molecule has 0 amide bonds. The molecule has 2 unspecified atom stereocenters. The van der Waals surface area contributed by atoms with E-state index in [2.05, 4.69) is 0 Å². The van der Waals surface area contributed by atoms with Crippen LogP contribution in [0.1, 0.15) is 19.4 Å². The van der Waals surface area contributed by atoms with Crippen LogP contribution >= 0.6 is 0 Å². The number of benzene rings is 1. The van der Waals surface area contributed by atoms with Gasteiger partial charge < -0.3 is 9.84 Å². The molecule has 5 nitrogen and oxygen atoms in total. The van der Waals surface area contributed by atoms with Gasteiger partial charge in [0.05, 0.1) is 11.0 Å². The highest BCUT2D eigenvalue weighted by molar-refractivity contribution is 5.44. The lowest BCUT2D eigenvalue weighted by atomic mass is 10.2. The Labute approximate surface area is 93.8 Å². The predicted molar refractivity (Wildman–Crippen MR) is 59.6 cm³/mol. The second-order valence-electron chi connectivity index (χ2n) is 3.77. The molecule has 1 N–H and O–H groups in total. The van der Waals surface area contributed by atoms with Gasteiger partial charge in [0, 0.05) is 11.6 Å². The molecule has 1 aromatic rings. The summed E-state index contributed by atoms with van der Waals surface area (Å²) in [6.45, 7) is 5.02. The standard InChI is InChI=1S/C11H15NO4/c1-7-6-10(16-9(3)8(2)13)4-5-11(7)12(14)15/h4-6,8-9,13H,1-3H3. The second-order valence-corrected chi connectivity index (χ2v) is 3.77. The van der Waals surface area contributed by atoms with Gasteiger partial charge in [0.1, 0.15) is 11.9 Å². The van der Waals surface area contributed by atoms with E-state index in [0.717, 1.165) is 0 Å². The Kier molecular flexibility index (Phi) is 3.84. The van der Waals surface area contributed by atoms with Gasteiger partial charge in [-0.1, -0.05) is 0 Å². The minimum Gasteiger partial charge on any atom is -0.488 e.